The number of hydrogen-bond donors (Lipinski definition) is 0. The van der Waals surface area contributed by atoms with E-state index in [1.54, 1.807) is 21.2 Å². The molecule has 1 atom stereocenters. The largest absolute Gasteiger partial charge is 0.343 e. The lowest BCUT2D eigenvalue weighted by atomic mass is 10.2. The topological polar surface area (TPSA) is 55.2 Å². The van der Waals surface area contributed by atoms with Gasteiger partial charge in [-0.1, -0.05) is 49.0 Å². The monoisotopic (exact) mass is 403 g/mol. The lowest BCUT2D eigenvalue weighted by Gasteiger charge is -2.19. The summed E-state index contributed by atoms with van der Waals surface area (Å²) >= 11 is 2.97. The molecule has 1 aliphatic heterocycles. The van der Waals surface area contributed by atoms with E-state index in [1.807, 2.05) is 44.2 Å². The van der Waals surface area contributed by atoms with Crippen LogP contribution in [0, 0.1) is 0 Å². The van der Waals surface area contributed by atoms with Crippen LogP contribution in [-0.4, -0.2) is 44.5 Å². The number of thioether (sulfide) groups is 2. The summed E-state index contributed by atoms with van der Waals surface area (Å²) in [6.07, 6.45) is 0.805. The molecular formula is C20H25N3O2S2. The van der Waals surface area contributed by atoms with Gasteiger partial charge in [-0.2, -0.15) is 0 Å². The molecule has 3 rings (SSSR count). The van der Waals surface area contributed by atoms with Crippen LogP contribution in [0.15, 0.2) is 45.2 Å². The van der Waals surface area contributed by atoms with Crippen molar-refractivity contribution < 1.29 is 4.79 Å². The number of carbonyl (C=O) groups is 1. The first-order valence-corrected chi connectivity index (χ1v) is 11.1. The van der Waals surface area contributed by atoms with Crippen LogP contribution in [0.1, 0.15) is 32.0 Å². The summed E-state index contributed by atoms with van der Waals surface area (Å²) in [5, 5.41) is 1.00. The van der Waals surface area contributed by atoms with Gasteiger partial charge in [-0.05, 0) is 19.4 Å². The van der Waals surface area contributed by atoms with Crippen molar-refractivity contribution in [3.8, 4) is 0 Å². The van der Waals surface area contributed by atoms with E-state index in [0.29, 0.717) is 35.8 Å². The highest BCUT2D eigenvalue weighted by molar-refractivity contribution is 8.00. The Bertz CT molecular complexity index is 864. The Morgan fingerprint density at radius 3 is 2.67 bits per heavy atom. The van der Waals surface area contributed by atoms with E-state index in [4.69, 9.17) is 4.98 Å². The minimum atomic E-state index is 0.0102. The molecule has 0 saturated heterocycles. The molecular weight excluding hydrogens is 378 g/mol. The summed E-state index contributed by atoms with van der Waals surface area (Å²) in [4.78, 5) is 32.9. The second kappa shape index (κ2) is 8.97. The average Bonchev–Trinajstić information content (AvgIpc) is 3.05. The van der Waals surface area contributed by atoms with Crippen LogP contribution in [-0.2, 0) is 17.8 Å². The van der Waals surface area contributed by atoms with Gasteiger partial charge in [0, 0.05) is 24.8 Å². The van der Waals surface area contributed by atoms with E-state index >= 15 is 0 Å². The third kappa shape index (κ3) is 4.58. The second-order valence-corrected chi connectivity index (χ2v) is 8.93. The van der Waals surface area contributed by atoms with Gasteiger partial charge in [-0.15, -0.1) is 11.8 Å². The number of hydrogen-bond acceptors (Lipinski definition) is 5. The standard InChI is InChI=1S/C20H25N3O2S2/c1-4-22(5-2)17(24)13-26-20-21-16-11-14(3)27-18(16)19(25)23(20)12-15-9-7-6-8-10-15/h6-10,14H,4-5,11-13H2,1-3H3. The van der Waals surface area contributed by atoms with E-state index in [9.17, 15) is 9.59 Å². The van der Waals surface area contributed by atoms with Gasteiger partial charge in [-0.25, -0.2) is 4.98 Å². The fourth-order valence-corrected chi connectivity index (χ4v) is 5.17. The SMILES string of the molecule is CCN(CC)C(=O)CSc1nc2c(c(=O)n1Cc1ccccc1)SC(C)C2. The number of rotatable bonds is 7. The molecule has 144 valence electrons. The molecule has 0 bridgehead atoms. The van der Waals surface area contributed by atoms with Gasteiger partial charge < -0.3 is 4.90 Å². The number of carbonyl (C=O) groups excluding carboxylic acids is 1. The predicted molar refractivity (Wildman–Crippen MR) is 112 cm³/mol. The second-order valence-electron chi connectivity index (χ2n) is 6.53. The maximum Gasteiger partial charge on any atom is 0.268 e. The molecule has 0 fully saturated rings. The van der Waals surface area contributed by atoms with Crippen molar-refractivity contribution in [3.63, 3.8) is 0 Å². The molecule has 1 aromatic heterocycles. The van der Waals surface area contributed by atoms with Crippen molar-refractivity contribution in [1.29, 1.82) is 0 Å². The first-order chi connectivity index (χ1) is 13.0. The van der Waals surface area contributed by atoms with E-state index in [2.05, 4.69) is 6.92 Å². The van der Waals surface area contributed by atoms with Gasteiger partial charge >= 0.3 is 0 Å². The van der Waals surface area contributed by atoms with Crippen LogP contribution in [0.3, 0.4) is 0 Å². The zero-order chi connectivity index (χ0) is 19.4. The Labute approximate surface area is 168 Å². The summed E-state index contributed by atoms with van der Waals surface area (Å²) in [7, 11) is 0. The fourth-order valence-electron chi connectivity index (χ4n) is 3.14. The van der Waals surface area contributed by atoms with Crippen molar-refractivity contribution >= 4 is 29.4 Å². The van der Waals surface area contributed by atoms with Crippen molar-refractivity contribution in [3.05, 3.63) is 51.9 Å². The third-order valence-corrected chi connectivity index (χ3v) is 6.76. The lowest BCUT2D eigenvalue weighted by molar-refractivity contribution is -0.127. The van der Waals surface area contributed by atoms with Gasteiger partial charge in [0.1, 0.15) is 0 Å². The summed E-state index contributed by atoms with van der Waals surface area (Å²) < 4.78 is 1.72. The fraction of sp³-hybridized carbons (Fsp3) is 0.450. The highest BCUT2D eigenvalue weighted by Crippen LogP contribution is 2.34. The molecule has 0 spiro atoms. The highest BCUT2D eigenvalue weighted by Gasteiger charge is 2.26. The Balaban J connectivity index is 1.91. The maximum absolute atomic E-state index is 13.1. The molecule has 2 heterocycles. The number of fused-ring (bicyclic) bond motifs is 1. The molecule has 7 heteroatoms. The Morgan fingerprint density at radius 1 is 1.30 bits per heavy atom. The zero-order valence-electron chi connectivity index (χ0n) is 16.0. The normalized spacial score (nSPS) is 15.6. The van der Waals surface area contributed by atoms with E-state index in [1.165, 1.54) is 11.8 Å². The number of benzene rings is 1. The van der Waals surface area contributed by atoms with E-state index in [-0.39, 0.29) is 11.5 Å². The van der Waals surface area contributed by atoms with Crippen LogP contribution < -0.4 is 5.56 Å². The molecule has 1 aliphatic rings. The summed E-state index contributed by atoms with van der Waals surface area (Å²) in [5.74, 6) is 0.374. The molecule has 1 unspecified atom stereocenters. The van der Waals surface area contributed by atoms with E-state index < -0.39 is 0 Å². The lowest BCUT2D eigenvalue weighted by Crippen LogP contribution is -2.32. The molecule has 1 amide bonds. The van der Waals surface area contributed by atoms with Crippen LogP contribution in [0.2, 0.25) is 0 Å². The quantitative estimate of drug-likeness (QED) is 0.524. The van der Waals surface area contributed by atoms with Crippen LogP contribution in [0.4, 0.5) is 0 Å². The summed E-state index contributed by atoms with van der Waals surface area (Å²) in [5.41, 5.74) is 1.94. The first kappa shape index (κ1) is 20.0. The van der Waals surface area contributed by atoms with Crippen molar-refractivity contribution in [1.82, 2.24) is 14.5 Å². The van der Waals surface area contributed by atoms with Gasteiger partial charge in [0.05, 0.1) is 22.9 Å². The van der Waals surface area contributed by atoms with Gasteiger partial charge in [0.15, 0.2) is 5.16 Å². The Kier molecular flexibility index (Phi) is 6.65. The zero-order valence-corrected chi connectivity index (χ0v) is 17.6. The molecule has 5 nitrogen and oxygen atoms in total. The highest BCUT2D eigenvalue weighted by atomic mass is 32.2. The molecule has 2 aromatic rings. The van der Waals surface area contributed by atoms with Gasteiger partial charge in [0.25, 0.3) is 5.56 Å². The minimum absolute atomic E-state index is 0.0102. The summed E-state index contributed by atoms with van der Waals surface area (Å²) in [6, 6.07) is 9.91. The van der Waals surface area contributed by atoms with Gasteiger partial charge in [-0.3, -0.25) is 14.2 Å². The molecule has 0 radical (unpaired) electrons. The smallest absolute Gasteiger partial charge is 0.268 e. The number of nitrogens with zero attached hydrogens (tertiary/aromatic N) is 3. The van der Waals surface area contributed by atoms with Crippen LogP contribution in [0.5, 0.6) is 0 Å². The van der Waals surface area contributed by atoms with Crippen LogP contribution in [0.25, 0.3) is 0 Å². The maximum atomic E-state index is 13.1. The van der Waals surface area contributed by atoms with Crippen LogP contribution >= 0.6 is 23.5 Å². The number of amides is 1. The molecule has 0 N–H and O–H groups in total. The van der Waals surface area contributed by atoms with Crippen molar-refractivity contribution in [2.75, 3.05) is 18.8 Å². The molecule has 1 aromatic carbocycles. The average molecular weight is 404 g/mol. The predicted octanol–water partition coefficient (Wildman–Crippen LogP) is 3.29. The summed E-state index contributed by atoms with van der Waals surface area (Å²) in [6.45, 7) is 7.92. The Morgan fingerprint density at radius 2 is 2.00 bits per heavy atom. The minimum Gasteiger partial charge on any atom is -0.343 e. The van der Waals surface area contributed by atoms with Crippen molar-refractivity contribution in [2.24, 2.45) is 0 Å². The first-order valence-electron chi connectivity index (χ1n) is 9.28. The molecule has 0 aliphatic carbocycles. The van der Waals surface area contributed by atoms with Gasteiger partial charge in [0.2, 0.25) is 5.91 Å². The number of aromatic nitrogens is 2. The van der Waals surface area contributed by atoms with E-state index in [0.717, 1.165) is 22.6 Å². The molecule has 0 saturated carbocycles. The Hall–Kier alpha value is -1.73. The third-order valence-electron chi connectivity index (χ3n) is 4.59. The van der Waals surface area contributed by atoms with Crippen molar-refractivity contribution in [2.45, 2.75) is 49.0 Å². The molecule has 27 heavy (non-hydrogen) atoms.